The normalized spacial score (nSPS) is 11.7. The van der Waals surface area contributed by atoms with Crippen LogP contribution in [-0.2, 0) is 5.41 Å². The van der Waals surface area contributed by atoms with E-state index in [4.69, 9.17) is 6.42 Å². The lowest BCUT2D eigenvalue weighted by atomic mass is 9.78. The van der Waals surface area contributed by atoms with Crippen molar-refractivity contribution < 1.29 is 0 Å². The topological polar surface area (TPSA) is 0 Å². The Labute approximate surface area is 247 Å². The number of hydrogen-bond acceptors (Lipinski definition) is 0. The van der Waals surface area contributed by atoms with Crippen LogP contribution >= 0.6 is 0 Å². The first-order valence-corrected chi connectivity index (χ1v) is 15.0. The Morgan fingerprint density at radius 1 is 0.550 bits per heavy atom. The molecule has 2 aliphatic carbocycles. The highest BCUT2D eigenvalue weighted by molar-refractivity contribution is 5.81. The van der Waals surface area contributed by atoms with Gasteiger partial charge in [-0.1, -0.05) is 174 Å². The minimum absolute atomic E-state index is 0. The van der Waals surface area contributed by atoms with E-state index < -0.39 is 0 Å². The molecule has 0 bridgehead atoms. The van der Waals surface area contributed by atoms with Crippen molar-refractivity contribution >= 4 is 0 Å². The number of benzene rings is 4. The molecule has 0 atom stereocenters. The van der Waals surface area contributed by atoms with Gasteiger partial charge in [0.25, 0.3) is 0 Å². The molecule has 0 saturated heterocycles. The van der Waals surface area contributed by atoms with Gasteiger partial charge in [0.15, 0.2) is 0 Å². The van der Waals surface area contributed by atoms with Crippen molar-refractivity contribution in [3.8, 4) is 34.6 Å². The molecule has 0 amide bonds. The summed E-state index contributed by atoms with van der Waals surface area (Å²) < 4.78 is 0. The highest BCUT2D eigenvalue weighted by atomic mass is 14.4. The van der Waals surface area contributed by atoms with Crippen molar-refractivity contribution in [3.63, 3.8) is 0 Å². The summed E-state index contributed by atoms with van der Waals surface area (Å²) in [5.74, 6) is 3.39. The van der Waals surface area contributed by atoms with Crippen LogP contribution in [0, 0.1) is 12.3 Å². The molecule has 0 heteroatoms. The van der Waals surface area contributed by atoms with E-state index in [1.165, 1.54) is 44.5 Å². The van der Waals surface area contributed by atoms with Crippen molar-refractivity contribution in [2.75, 3.05) is 0 Å². The molecule has 0 nitrogen and oxygen atoms in total. The molecule has 6 rings (SSSR count). The molecule has 0 radical (unpaired) electrons. The maximum atomic E-state index is 5.56. The lowest BCUT2D eigenvalue weighted by Gasteiger charge is -2.24. The molecule has 0 fully saturated rings. The maximum absolute atomic E-state index is 5.56. The smallest absolute Gasteiger partial charge is 0.0296 e. The molecule has 4 aromatic carbocycles. The van der Waals surface area contributed by atoms with Crippen LogP contribution in [-0.4, -0.2) is 0 Å². The zero-order chi connectivity index (χ0) is 29.4. The molecular formula is C40H54. The minimum Gasteiger partial charge on any atom is -0.120 e. The monoisotopic (exact) mass is 534 g/mol. The summed E-state index contributed by atoms with van der Waals surface area (Å²) >= 11 is 0. The molecular weight excluding hydrogens is 480 g/mol. The molecule has 2 aliphatic rings. The Balaban J connectivity index is 0.000000603. The van der Waals surface area contributed by atoms with Crippen molar-refractivity contribution in [1.82, 2.24) is 0 Å². The van der Waals surface area contributed by atoms with E-state index in [0.29, 0.717) is 5.92 Å². The van der Waals surface area contributed by atoms with Crippen LogP contribution in [0.2, 0.25) is 0 Å². The molecule has 0 aliphatic heterocycles. The van der Waals surface area contributed by atoms with Crippen LogP contribution in [0.25, 0.3) is 22.3 Å². The van der Waals surface area contributed by atoms with Crippen molar-refractivity contribution in [1.29, 1.82) is 0 Å². The van der Waals surface area contributed by atoms with Crippen LogP contribution in [0.4, 0.5) is 0 Å². The Morgan fingerprint density at radius 3 is 1.20 bits per heavy atom. The summed E-state index contributed by atoms with van der Waals surface area (Å²) in [4.78, 5) is 0. The zero-order valence-electron chi connectivity index (χ0n) is 26.1. The summed E-state index contributed by atoms with van der Waals surface area (Å²) in [6.45, 7) is 20.5. The third-order valence-electron chi connectivity index (χ3n) is 6.93. The lowest BCUT2D eigenvalue weighted by Crippen LogP contribution is -2.19. The van der Waals surface area contributed by atoms with Gasteiger partial charge in [-0.25, -0.2) is 0 Å². The van der Waals surface area contributed by atoms with Gasteiger partial charge in [-0.2, -0.15) is 0 Å². The van der Waals surface area contributed by atoms with Crippen LogP contribution in [0.1, 0.15) is 111 Å². The van der Waals surface area contributed by atoms with E-state index in [-0.39, 0.29) is 12.8 Å². The Bertz CT molecular complexity index is 1210. The van der Waals surface area contributed by atoms with Gasteiger partial charge in [0.1, 0.15) is 0 Å². The largest absolute Gasteiger partial charge is 0.120 e. The summed E-state index contributed by atoms with van der Waals surface area (Å²) in [6, 6.07) is 34.6. The fourth-order valence-electron chi connectivity index (χ4n) is 5.35. The first-order valence-electron chi connectivity index (χ1n) is 15.0. The van der Waals surface area contributed by atoms with Crippen LogP contribution in [0.15, 0.2) is 97.1 Å². The standard InChI is InChI=1S/C17H14.C14H12.4C2H6.CH4/c1-3-12-17(2)15-10-6-4-8-13(15)14-9-5-7-11-16(14)17;1-10-11-6-2-4-8-13(11)14-9-5-3-7-12(10)14;4*1-2;/h1,4-11H,12H2,2H3;2-10H,1H3;4*1-2H3;1H4. The quantitative estimate of drug-likeness (QED) is 0.213. The van der Waals surface area contributed by atoms with Gasteiger partial charge >= 0.3 is 0 Å². The molecule has 0 heterocycles. The molecule has 4 aromatic rings. The number of fused-ring (bicyclic) bond motifs is 6. The van der Waals surface area contributed by atoms with Crippen LogP contribution in [0.3, 0.4) is 0 Å². The second-order valence-corrected chi connectivity index (χ2v) is 8.70. The number of rotatable bonds is 1. The minimum atomic E-state index is -0.0259. The fourth-order valence-corrected chi connectivity index (χ4v) is 5.35. The van der Waals surface area contributed by atoms with E-state index in [9.17, 15) is 0 Å². The number of hydrogen-bond donors (Lipinski definition) is 0. The zero-order valence-corrected chi connectivity index (χ0v) is 26.1. The molecule has 0 N–H and O–H groups in total. The highest BCUT2D eigenvalue weighted by Gasteiger charge is 2.37. The van der Waals surface area contributed by atoms with Gasteiger partial charge in [-0.3, -0.25) is 0 Å². The Kier molecular flexibility index (Phi) is 17.0. The van der Waals surface area contributed by atoms with Crippen LogP contribution in [0.5, 0.6) is 0 Å². The summed E-state index contributed by atoms with van der Waals surface area (Å²) in [7, 11) is 0. The average Bonchev–Trinajstić information content (AvgIpc) is 3.47. The Morgan fingerprint density at radius 2 is 0.850 bits per heavy atom. The summed E-state index contributed by atoms with van der Waals surface area (Å²) in [5, 5.41) is 0. The van der Waals surface area contributed by atoms with E-state index in [1.807, 2.05) is 55.4 Å². The lowest BCUT2D eigenvalue weighted by molar-refractivity contribution is 0.607. The van der Waals surface area contributed by atoms with E-state index in [0.717, 1.165) is 6.42 Å². The van der Waals surface area contributed by atoms with Gasteiger partial charge in [-0.05, 0) is 44.5 Å². The van der Waals surface area contributed by atoms with Gasteiger partial charge in [-0.15, -0.1) is 12.3 Å². The summed E-state index contributed by atoms with van der Waals surface area (Å²) in [6.07, 6.45) is 6.31. The Hall–Kier alpha value is -3.56. The fraction of sp³-hybridized carbons (Fsp3) is 0.350. The summed E-state index contributed by atoms with van der Waals surface area (Å²) in [5.41, 5.74) is 11.1. The van der Waals surface area contributed by atoms with Gasteiger partial charge in [0.2, 0.25) is 0 Å². The number of terminal acetylenes is 1. The first kappa shape index (κ1) is 36.4. The predicted molar refractivity (Wildman–Crippen MR) is 183 cm³/mol. The van der Waals surface area contributed by atoms with E-state index >= 15 is 0 Å². The third-order valence-corrected chi connectivity index (χ3v) is 6.93. The highest BCUT2D eigenvalue weighted by Crippen LogP contribution is 2.50. The molecule has 214 valence electrons. The van der Waals surface area contributed by atoms with Crippen molar-refractivity contribution in [3.05, 3.63) is 119 Å². The first-order chi connectivity index (χ1) is 19.1. The maximum Gasteiger partial charge on any atom is 0.0296 e. The molecule has 0 aromatic heterocycles. The molecule has 0 unspecified atom stereocenters. The molecule has 0 spiro atoms. The molecule has 0 saturated carbocycles. The van der Waals surface area contributed by atoms with Gasteiger partial charge < -0.3 is 0 Å². The van der Waals surface area contributed by atoms with Gasteiger partial charge in [0, 0.05) is 17.8 Å². The van der Waals surface area contributed by atoms with Crippen LogP contribution < -0.4 is 0 Å². The molecule has 40 heavy (non-hydrogen) atoms. The van der Waals surface area contributed by atoms with Gasteiger partial charge in [0.05, 0.1) is 0 Å². The predicted octanol–water partition coefficient (Wildman–Crippen LogP) is 12.6. The SMILES string of the molecule is C.C#CCC1(C)c2ccccc2-c2ccccc21.CC.CC.CC.CC.CC1c2ccccc2-c2ccccc21. The van der Waals surface area contributed by atoms with E-state index in [1.54, 1.807) is 0 Å². The third kappa shape index (κ3) is 7.34. The second-order valence-electron chi connectivity index (χ2n) is 8.70. The second kappa shape index (κ2) is 18.7. The van der Waals surface area contributed by atoms with E-state index in [2.05, 4.69) is 117 Å². The van der Waals surface area contributed by atoms with Crippen molar-refractivity contribution in [2.45, 2.75) is 94.4 Å². The van der Waals surface area contributed by atoms with Crippen molar-refractivity contribution in [2.24, 2.45) is 0 Å². The average molecular weight is 535 g/mol.